The standard InChI is InChI=1S/C17H15FN2O2/c1-2-10-22-14-7-5-6-13(11-14)12-19-20-17(21)15-8-3-4-9-16(15)18/h2-9,11-12H,1,10H2,(H,20,21)/b19-12-. The van der Waals surface area contributed by atoms with Gasteiger partial charge < -0.3 is 4.74 Å². The second-order valence-corrected chi connectivity index (χ2v) is 4.35. The van der Waals surface area contributed by atoms with Crippen molar-refractivity contribution < 1.29 is 13.9 Å². The summed E-state index contributed by atoms with van der Waals surface area (Å²) in [6, 6.07) is 12.9. The lowest BCUT2D eigenvalue weighted by molar-refractivity contribution is 0.0951. The van der Waals surface area contributed by atoms with Gasteiger partial charge in [-0.05, 0) is 29.8 Å². The van der Waals surface area contributed by atoms with Gasteiger partial charge in [0.1, 0.15) is 18.2 Å². The van der Waals surface area contributed by atoms with Crippen molar-refractivity contribution in [1.82, 2.24) is 5.43 Å². The van der Waals surface area contributed by atoms with Crippen LogP contribution in [0.5, 0.6) is 5.75 Å². The van der Waals surface area contributed by atoms with Crippen LogP contribution < -0.4 is 10.2 Å². The number of amides is 1. The van der Waals surface area contributed by atoms with Gasteiger partial charge in [-0.3, -0.25) is 4.79 Å². The predicted octanol–water partition coefficient (Wildman–Crippen LogP) is 3.15. The van der Waals surface area contributed by atoms with Gasteiger partial charge in [0.25, 0.3) is 5.91 Å². The molecular weight excluding hydrogens is 283 g/mol. The van der Waals surface area contributed by atoms with E-state index >= 15 is 0 Å². The number of hydrogen-bond acceptors (Lipinski definition) is 3. The number of rotatable bonds is 6. The minimum atomic E-state index is -0.603. The minimum absolute atomic E-state index is 0.0530. The molecule has 0 unspecified atom stereocenters. The van der Waals surface area contributed by atoms with Crippen LogP contribution in [0.3, 0.4) is 0 Å². The number of halogens is 1. The first-order chi connectivity index (χ1) is 10.7. The molecule has 112 valence electrons. The van der Waals surface area contributed by atoms with Crippen molar-refractivity contribution in [2.45, 2.75) is 0 Å². The van der Waals surface area contributed by atoms with Crippen molar-refractivity contribution in [2.75, 3.05) is 6.61 Å². The molecule has 0 aliphatic heterocycles. The first kappa shape index (κ1) is 15.4. The largest absolute Gasteiger partial charge is 0.490 e. The van der Waals surface area contributed by atoms with Crippen molar-refractivity contribution in [3.63, 3.8) is 0 Å². The van der Waals surface area contributed by atoms with Gasteiger partial charge in [-0.1, -0.05) is 36.9 Å². The van der Waals surface area contributed by atoms with Crippen LogP contribution in [0.15, 0.2) is 66.3 Å². The zero-order valence-corrected chi connectivity index (χ0v) is 11.8. The van der Waals surface area contributed by atoms with Gasteiger partial charge in [-0.25, -0.2) is 9.82 Å². The normalized spacial score (nSPS) is 10.4. The molecule has 0 aliphatic carbocycles. The Balaban J connectivity index is 1.99. The Kier molecular flexibility index (Phi) is 5.43. The molecule has 2 aromatic carbocycles. The van der Waals surface area contributed by atoms with E-state index in [1.165, 1.54) is 24.4 Å². The lowest BCUT2D eigenvalue weighted by Gasteiger charge is -2.03. The highest BCUT2D eigenvalue weighted by atomic mass is 19.1. The first-order valence-electron chi connectivity index (χ1n) is 6.62. The Bertz CT molecular complexity index is 699. The number of nitrogens with one attached hydrogen (secondary N) is 1. The highest BCUT2D eigenvalue weighted by Gasteiger charge is 2.08. The number of hydrazone groups is 1. The molecule has 0 spiro atoms. The molecule has 0 radical (unpaired) electrons. The summed E-state index contributed by atoms with van der Waals surface area (Å²) in [6.07, 6.45) is 3.11. The summed E-state index contributed by atoms with van der Waals surface area (Å²) in [5.41, 5.74) is 2.98. The molecule has 0 heterocycles. The number of carbonyl (C=O) groups excluding carboxylic acids is 1. The Morgan fingerprint density at radius 3 is 2.86 bits per heavy atom. The van der Waals surface area contributed by atoms with Gasteiger partial charge in [0.15, 0.2) is 0 Å². The molecule has 1 N–H and O–H groups in total. The quantitative estimate of drug-likeness (QED) is 0.506. The second kappa shape index (κ2) is 7.73. The summed E-state index contributed by atoms with van der Waals surface area (Å²) in [6.45, 7) is 3.98. The van der Waals surface area contributed by atoms with Crippen molar-refractivity contribution in [1.29, 1.82) is 0 Å². The van der Waals surface area contributed by atoms with E-state index in [0.29, 0.717) is 12.4 Å². The van der Waals surface area contributed by atoms with Crippen molar-refractivity contribution >= 4 is 12.1 Å². The number of ether oxygens (including phenoxy) is 1. The van der Waals surface area contributed by atoms with Crippen LogP contribution in [-0.4, -0.2) is 18.7 Å². The van der Waals surface area contributed by atoms with E-state index < -0.39 is 11.7 Å². The highest BCUT2D eigenvalue weighted by molar-refractivity contribution is 5.95. The van der Waals surface area contributed by atoms with Gasteiger partial charge in [0.2, 0.25) is 0 Å². The van der Waals surface area contributed by atoms with E-state index in [9.17, 15) is 9.18 Å². The van der Waals surface area contributed by atoms with E-state index in [1.54, 1.807) is 36.4 Å². The summed E-state index contributed by atoms with van der Waals surface area (Å²) < 4.78 is 18.8. The summed E-state index contributed by atoms with van der Waals surface area (Å²) in [5.74, 6) is -0.521. The zero-order chi connectivity index (χ0) is 15.8. The number of hydrogen-bond donors (Lipinski definition) is 1. The zero-order valence-electron chi connectivity index (χ0n) is 11.8. The minimum Gasteiger partial charge on any atom is -0.490 e. The average molecular weight is 298 g/mol. The molecule has 1 amide bonds. The fourth-order valence-corrected chi connectivity index (χ4v) is 1.71. The highest BCUT2D eigenvalue weighted by Crippen LogP contribution is 2.12. The molecule has 4 nitrogen and oxygen atoms in total. The van der Waals surface area contributed by atoms with Crippen molar-refractivity contribution in [3.8, 4) is 5.75 Å². The van der Waals surface area contributed by atoms with Crippen molar-refractivity contribution in [2.24, 2.45) is 5.10 Å². The fraction of sp³-hybridized carbons (Fsp3) is 0.0588. The molecule has 22 heavy (non-hydrogen) atoms. The predicted molar refractivity (Wildman–Crippen MR) is 83.6 cm³/mol. The van der Waals surface area contributed by atoms with Crippen LogP contribution >= 0.6 is 0 Å². The third-order valence-electron chi connectivity index (χ3n) is 2.72. The van der Waals surface area contributed by atoms with E-state index in [2.05, 4.69) is 17.1 Å². The SMILES string of the molecule is C=CCOc1cccc(/C=N\NC(=O)c2ccccc2F)c1. The van der Waals surface area contributed by atoms with Crippen LogP contribution in [-0.2, 0) is 0 Å². The summed E-state index contributed by atoms with van der Waals surface area (Å²) in [4.78, 5) is 11.8. The Hall–Kier alpha value is -2.95. The third kappa shape index (κ3) is 4.28. The van der Waals surface area contributed by atoms with Gasteiger partial charge in [0, 0.05) is 0 Å². The summed E-state index contributed by atoms with van der Waals surface area (Å²) in [5, 5.41) is 3.81. The first-order valence-corrected chi connectivity index (χ1v) is 6.62. The van der Waals surface area contributed by atoms with Gasteiger partial charge in [-0.15, -0.1) is 0 Å². The monoisotopic (exact) mass is 298 g/mol. The Morgan fingerprint density at radius 2 is 2.09 bits per heavy atom. The average Bonchev–Trinajstić information content (AvgIpc) is 2.53. The molecule has 0 aromatic heterocycles. The lowest BCUT2D eigenvalue weighted by atomic mass is 10.2. The van der Waals surface area contributed by atoms with Crippen LogP contribution in [0.2, 0.25) is 0 Å². The molecule has 2 rings (SSSR count). The van der Waals surface area contributed by atoms with Crippen molar-refractivity contribution in [3.05, 3.63) is 78.1 Å². The summed E-state index contributed by atoms with van der Waals surface area (Å²) in [7, 11) is 0. The van der Waals surface area contributed by atoms with Crippen LogP contribution in [0.4, 0.5) is 4.39 Å². The Morgan fingerprint density at radius 1 is 1.27 bits per heavy atom. The maximum Gasteiger partial charge on any atom is 0.274 e. The van der Waals surface area contributed by atoms with Crippen LogP contribution in [0.1, 0.15) is 15.9 Å². The molecule has 0 atom stereocenters. The van der Waals surface area contributed by atoms with E-state index in [-0.39, 0.29) is 5.56 Å². The smallest absolute Gasteiger partial charge is 0.274 e. The maximum absolute atomic E-state index is 13.4. The van der Waals surface area contributed by atoms with Crippen LogP contribution in [0.25, 0.3) is 0 Å². The second-order valence-electron chi connectivity index (χ2n) is 4.35. The third-order valence-corrected chi connectivity index (χ3v) is 2.72. The van der Waals surface area contributed by atoms with Gasteiger partial charge in [0.05, 0.1) is 11.8 Å². The molecule has 0 saturated heterocycles. The number of nitrogens with zero attached hydrogens (tertiary/aromatic N) is 1. The van der Waals surface area contributed by atoms with E-state index in [1.807, 2.05) is 0 Å². The number of benzene rings is 2. The van der Waals surface area contributed by atoms with E-state index in [4.69, 9.17) is 4.74 Å². The van der Waals surface area contributed by atoms with Gasteiger partial charge in [-0.2, -0.15) is 5.10 Å². The topological polar surface area (TPSA) is 50.7 Å². The van der Waals surface area contributed by atoms with E-state index in [0.717, 1.165) is 5.56 Å². The number of carbonyl (C=O) groups is 1. The molecule has 0 fully saturated rings. The molecule has 0 saturated carbocycles. The molecular formula is C17H15FN2O2. The fourth-order valence-electron chi connectivity index (χ4n) is 1.71. The lowest BCUT2D eigenvalue weighted by Crippen LogP contribution is -2.18. The van der Waals surface area contributed by atoms with Gasteiger partial charge >= 0.3 is 0 Å². The molecule has 2 aromatic rings. The van der Waals surface area contributed by atoms with Crippen LogP contribution in [0, 0.1) is 5.82 Å². The summed E-state index contributed by atoms with van der Waals surface area (Å²) >= 11 is 0. The Labute approximate surface area is 127 Å². The molecule has 0 aliphatic rings. The molecule has 0 bridgehead atoms. The maximum atomic E-state index is 13.4. The molecule has 5 heteroatoms.